The molecule has 0 aromatic heterocycles. The molecular formula is C19H26O4. The lowest BCUT2D eigenvalue weighted by Gasteiger charge is -2.34. The third kappa shape index (κ3) is 3.36. The van der Waals surface area contributed by atoms with Crippen molar-refractivity contribution >= 4 is 0 Å². The van der Waals surface area contributed by atoms with E-state index in [1.165, 1.54) is 0 Å². The first-order valence-corrected chi connectivity index (χ1v) is 8.23. The van der Waals surface area contributed by atoms with E-state index in [-0.39, 0.29) is 30.3 Å². The second-order valence-corrected chi connectivity index (χ2v) is 6.60. The molecule has 0 saturated carbocycles. The minimum Gasteiger partial charge on any atom is -0.378 e. The second kappa shape index (κ2) is 6.73. The summed E-state index contributed by atoms with van der Waals surface area (Å²) in [4.78, 5) is 0. The Morgan fingerprint density at radius 3 is 2.65 bits per heavy atom. The summed E-state index contributed by atoms with van der Waals surface area (Å²) in [5, 5.41) is 0. The van der Waals surface area contributed by atoms with Gasteiger partial charge in [0.2, 0.25) is 0 Å². The lowest BCUT2D eigenvalue weighted by atomic mass is 9.88. The van der Waals surface area contributed by atoms with Crippen molar-refractivity contribution < 1.29 is 18.9 Å². The van der Waals surface area contributed by atoms with Crippen LogP contribution < -0.4 is 0 Å². The van der Waals surface area contributed by atoms with Crippen molar-refractivity contribution in [2.45, 2.75) is 57.1 Å². The lowest BCUT2D eigenvalue weighted by Crippen LogP contribution is -2.47. The van der Waals surface area contributed by atoms with Crippen LogP contribution in [0.1, 0.15) is 25.8 Å². The summed E-state index contributed by atoms with van der Waals surface area (Å²) in [6.07, 6.45) is 2.21. The Morgan fingerprint density at radius 2 is 2.00 bits per heavy atom. The standard InChI is InChI=1S/C19H26O4/c1-5-15-11-19(3)22-13(2)16(23-19)18(17(15)20-4)21-12-14-9-7-6-8-10-14/h5-10,13,15-18H,1,11-12H2,2-4H3. The van der Waals surface area contributed by atoms with Gasteiger partial charge in [-0.3, -0.25) is 0 Å². The van der Waals surface area contributed by atoms with E-state index in [2.05, 4.69) is 18.7 Å². The third-order valence-corrected chi connectivity index (χ3v) is 4.82. The maximum atomic E-state index is 6.25. The van der Waals surface area contributed by atoms with Crippen LogP contribution in [-0.2, 0) is 25.6 Å². The van der Waals surface area contributed by atoms with Crippen molar-refractivity contribution in [1.82, 2.24) is 0 Å². The molecule has 4 heteroatoms. The predicted molar refractivity (Wildman–Crippen MR) is 87.9 cm³/mol. The molecule has 126 valence electrons. The molecule has 2 bridgehead atoms. The third-order valence-electron chi connectivity index (χ3n) is 4.82. The van der Waals surface area contributed by atoms with E-state index in [1.807, 2.05) is 38.1 Å². The molecule has 2 saturated heterocycles. The van der Waals surface area contributed by atoms with Gasteiger partial charge >= 0.3 is 0 Å². The van der Waals surface area contributed by atoms with Crippen LogP contribution in [0.4, 0.5) is 0 Å². The van der Waals surface area contributed by atoms with E-state index in [0.717, 1.165) is 12.0 Å². The normalized spacial score (nSPS) is 39.9. The number of ether oxygens (including phenoxy) is 4. The molecule has 0 amide bonds. The van der Waals surface area contributed by atoms with E-state index < -0.39 is 5.79 Å². The molecule has 6 unspecified atom stereocenters. The van der Waals surface area contributed by atoms with Gasteiger partial charge < -0.3 is 18.9 Å². The summed E-state index contributed by atoms with van der Waals surface area (Å²) in [6, 6.07) is 10.1. The molecule has 3 rings (SSSR count). The number of rotatable bonds is 5. The number of hydrogen-bond donors (Lipinski definition) is 0. The quantitative estimate of drug-likeness (QED) is 0.781. The Morgan fingerprint density at radius 1 is 1.26 bits per heavy atom. The van der Waals surface area contributed by atoms with Crippen LogP contribution in [0.3, 0.4) is 0 Å². The Labute approximate surface area is 138 Å². The summed E-state index contributed by atoms with van der Waals surface area (Å²) in [5.74, 6) is -0.465. The molecular weight excluding hydrogens is 292 g/mol. The maximum absolute atomic E-state index is 6.25. The first-order valence-electron chi connectivity index (χ1n) is 8.23. The van der Waals surface area contributed by atoms with Gasteiger partial charge in [0.15, 0.2) is 5.79 Å². The van der Waals surface area contributed by atoms with Gasteiger partial charge in [0.05, 0.1) is 18.8 Å². The fraction of sp³-hybridized carbons (Fsp3) is 0.579. The van der Waals surface area contributed by atoms with Crippen LogP contribution in [0.5, 0.6) is 0 Å². The van der Waals surface area contributed by atoms with Crippen molar-refractivity contribution in [3.63, 3.8) is 0 Å². The molecule has 4 nitrogen and oxygen atoms in total. The topological polar surface area (TPSA) is 36.9 Å². The van der Waals surface area contributed by atoms with Gasteiger partial charge in [-0.25, -0.2) is 0 Å². The molecule has 2 fully saturated rings. The predicted octanol–water partition coefficient (Wildman–Crippen LogP) is 3.31. The van der Waals surface area contributed by atoms with Crippen LogP contribution in [0, 0.1) is 5.92 Å². The SMILES string of the molecule is C=CC1CC2(C)OC(C)C(O2)C(OCc2ccccc2)C1OC. The van der Waals surface area contributed by atoms with Crippen molar-refractivity contribution in [2.24, 2.45) is 5.92 Å². The Balaban J connectivity index is 1.82. The summed E-state index contributed by atoms with van der Waals surface area (Å²) in [5.41, 5.74) is 1.14. The number of hydrogen-bond acceptors (Lipinski definition) is 4. The number of benzene rings is 1. The van der Waals surface area contributed by atoms with Crippen molar-refractivity contribution in [3.05, 3.63) is 48.6 Å². The largest absolute Gasteiger partial charge is 0.378 e. The molecule has 2 aliphatic rings. The molecule has 0 N–H and O–H groups in total. The zero-order valence-electron chi connectivity index (χ0n) is 14.1. The molecule has 2 aliphatic heterocycles. The minimum atomic E-state index is -0.593. The van der Waals surface area contributed by atoms with E-state index in [9.17, 15) is 0 Å². The second-order valence-electron chi connectivity index (χ2n) is 6.60. The van der Waals surface area contributed by atoms with Gasteiger partial charge in [0.1, 0.15) is 12.2 Å². The Bertz CT molecular complexity index is 531. The highest BCUT2D eigenvalue weighted by Crippen LogP contribution is 2.43. The van der Waals surface area contributed by atoms with E-state index in [1.54, 1.807) is 7.11 Å². The molecule has 2 heterocycles. The monoisotopic (exact) mass is 318 g/mol. The summed E-state index contributed by atoms with van der Waals surface area (Å²) in [7, 11) is 1.73. The average molecular weight is 318 g/mol. The van der Waals surface area contributed by atoms with Gasteiger partial charge in [0, 0.05) is 19.4 Å². The van der Waals surface area contributed by atoms with E-state index in [0.29, 0.717) is 6.61 Å². The van der Waals surface area contributed by atoms with Crippen molar-refractivity contribution in [1.29, 1.82) is 0 Å². The van der Waals surface area contributed by atoms with Crippen LogP contribution in [0.25, 0.3) is 0 Å². The van der Waals surface area contributed by atoms with Gasteiger partial charge in [-0.2, -0.15) is 0 Å². The molecule has 1 aromatic carbocycles. The number of fused-ring (bicyclic) bond motifs is 2. The first kappa shape index (κ1) is 16.7. The fourth-order valence-corrected chi connectivity index (χ4v) is 3.76. The highest BCUT2D eigenvalue weighted by molar-refractivity contribution is 5.13. The molecule has 23 heavy (non-hydrogen) atoms. The van der Waals surface area contributed by atoms with Gasteiger partial charge in [-0.15, -0.1) is 6.58 Å². The van der Waals surface area contributed by atoms with Gasteiger partial charge in [-0.05, 0) is 19.4 Å². The number of methoxy groups -OCH3 is 1. The molecule has 0 aliphatic carbocycles. The van der Waals surface area contributed by atoms with Crippen LogP contribution in [0.2, 0.25) is 0 Å². The average Bonchev–Trinajstić information content (AvgIpc) is 2.78. The fourth-order valence-electron chi connectivity index (χ4n) is 3.76. The highest BCUT2D eigenvalue weighted by atomic mass is 16.8. The zero-order valence-corrected chi connectivity index (χ0v) is 14.1. The molecule has 0 spiro atoms. The van der Waals surface area contributed by atoms with Gasteiger partial charge in [-0.1, -0.05) is 36.4 Å². The smallest absolute Gasteiger partial charge is 0.167 e. The van der Waals surface area contributed by atoms with Crippen LogP contribution in [-0.4, -0.2) is 37.3 Å². The highest BCUT2D eigenvalue weighted by Gasteiger charge is 2.54. The van der Waals surface area contributed by atoms with Crippen LogP contribution >= 0.6 is 0 Å². The molecule has 0 radical (unpaired) electrons. The maximum Gasteiger partial charge on any atom is 0.167 e. The minimum absolute atomic E-state index is 0.0239. The van der Waals surface area contributed by atoms with E-state index in [4.69, 9.17) is 18.9 Å². The Hall–Kier alpha value is -1.20. The lowest BCUT2D eigenvalue weighted by molar-refractivity contribution is -0.169. The van der Waals surface area contributed by atoms with Gasteiger partial charge in [0.25, 0.3) is 0 Å². The summed E-state index contributed by atoms with van der Waals surface area (Å²) in [6.45, 7) is 8.52. The van der Waals surface area contributed by atoms with Crippen molar-refractivity contribution in [3.8, 4) is 0 Å². The first-order chi connectivity index (χ1) is 11.1. The molecule has 6 atom stereocenters. The summed E-state index contributed by atoms with van der Waals surface area (Å²) < 4.78 is 24.3. The zero-order chi connectivity index (χ0) is 16.4. The van der Waals surface area contributed by atoms with Crippen molar-refractivity contribution in [2.75, 3.05) is 7.11 Å². The Kier molecular flexibility index (Phi) is 4.87. The summed E-state index contributed by atoms with van der Waals surface area (Å²) >= 11 is 0. The molecule has 1 aromatic rings. The van der Waals surface area contributed by atoms with Crippen LogP contribution in [0.15, 0.2) is 43.0 Å². The van der Waals surface area contributed by atoms with E-state index >= 15 is 0 Å².